The van der Waals surface area contributed by atoms with Crippen molar-refractivity contribution < 1.29 is 55.2 Å². The Kier molecular flexibility index (Phi) is 5.71. The predicted molar refractivity (Wildman–Crippen MR) is 78.9 cm³/mol. The van der Waals surface area contributed by atoms with Gasteiger partial charge in [-0.15, -0.1) is 26.3 Å². The predicted octanol–water partition coefficient (Wildman–Crippen LogP) is 4.38. The highest BCUT2D eigenvalue weighted by molar-refractivity contribution is 5.90. The highest BCUT2D eigenvalue weighted by atomic mass is 19.4. The molecular formula is C16H8F6O6. The first-order valence-corrected chi connectivity index (χ1v) is 7.03. The van der Waals surface area contributed by atoms with E-state index in [4.69, 9.17) is 5.11 Å². The van der Waals surface area contributed by atoms with Crippen LogP contribution in [0.3, 0.4) is 0 Å². The van der Waals surface area contributed by atoms with Gasteiger partial charge in [-0.3, -0.25) is 4.79 Å². The third-order valence-corrected chi connectivity index (χ3v) is 3.11. The molecule has 0 radical (unpaired) electrons. The lowest BCUT2D eigenvalue weighted by Gasteiger charge is -2.18. The van der Waals surface area contributed by atoms with E-state index in [-0.39, 0.29) is 12.2 Å². The lowest BCUT2D eigenvalue weighted by molar-refractivity contribution is -0.276. The second kappa shape index (κ2) is 7.66. The Morgan fingerprint density at radius 2 is 1.36 bits per heavy atom. The number of hydrogen-bond acceptors (Lipinski definition) is 5. The Labute approximate surface area is 151 Å². The summed E-state index contributed by atoms with van der Waals surface area (Å²) in [5.41, 5.74) is -1.66. The fraction of sp³-hybridized carbons (Fsp3) is 0.125. The Morgan fingerprint density at radius 3 is 1.82 bits per heavy atom. The molecule has 0 saturated heterocycles. The zero-order chi connectivity index (χ0) is 21.1. The van der Waals surface area contributed by atoms with Crippen LogP contribution < -0.4 is 14.2 Å². The summed E-state index contributed by atoms with van der Waals surface area (Å²) in [7, 11) is 0. The van der Waals surface area contributed by atoms with E-state index in [0.717, 1.165) is 24.3 Å². The van der Waals surface area contributed by atoms with Gasteiger partial charge in [0.1, 0.15) is 17.2 Å². The number of carboxylic acid groups (broad SMARTS) is 1. The number of carbonyl (C=O) groups is 2. The lowest BCUT2D eigenvalue weighted by atomic mass is 10.0. The third-order valence-electron chi connectivity index (χ3n) is 3.11. The van der Waals surface area contributed by atoms with Crippen LogP contribution in [-0.4, -0.2) is 30.3 Å². The number of hydrogen-bond donors (Lipinski definition) is 1. The molecule has 0 aliphatic rings. The average molecular weight is 410 g/mol. The molecule has 0 amide bonds. The lowest BCUT2D eigenvalue weighted by Crippen LogP contribution is -2.19. The summed E-state index contributed by atoms with van der Waals surface area (Å²) in [6.45, 7) is -0.0772. The summed E-state index contributed by atoms with van der Waals surface area (Å²) in [6, 6.07) is 4.70. The first-order valence-electron chi connectivity index (χ1n) is 7.03. The molecule has 0 spiro atoms. The second-order valence-corrected chi connectivity index (χ2v) is 4.98. The first-order chi connectivity index (χ1) is 12.9. The number of halogens is 6. The molecule has 0 aliphatic carbocycles. The molecule has 6 nitrogen and oxygen atoms in total. The van der Waals surface area contributed by atoms with Gasteiger partial charge >= 0.3 is 18.7 Å². The molecule has 0 aromatic heterocycles. The highest BCUT2D eigenvalue weighted by Gasteiger charge is 2.35. The van der Waals surface area contributed by atoms with Crippen LogP contribution in [0.25, 0.3) is 11.1 Å². The summed E-state index contributed by atoms with van der Waals surface area (Å²) in [5.74, 6) is -4.02. The highest BCUT2D eigenvalue weighted by Crippen LogP contribution is 2.42. The fourth-order valence-electron chi connectivity index (χ4n) is 2.15. The van der Waals surface area contributed by atoms with Crippen LogP contribution in [-0.2, 0) is 4.79 Å². The van der Waals surface area contributed by atoms with Gasteiger partial charge in [0.25, 0.3) is 6.47 Å². The van der Waals surface area contributed by atoms with E-state index in [2.05, 4.69) is 14.2 Å². The minimum atomic E-state index is -5.25. The summed E-state index contributed by atoms with van der Waals surface area (Å²) in [6.07, 6.45) is -10.5. The van der Waals surface area contributed by atoms with Gasteiger partial charge < -0.3 is 19.3 Å². The normalized spacial score (nSPS) is 11.6. The van der Waals surface area contributed by atoms with Gasteiger partial charge in [0, 0.05) is 17.2 Å². The summed E-state index contributed by atoms with van der Waals surface area (Å²) < 4.78 is 88.0. The van der Waals surface area contributed by atoms with Crippen LogP contribution in [0, 0.1) is 0 Å². The molecule has 2 rings (SSSR count). The first kappa shape index (κ1) is 20.9. The molecular weight excluding hydrogens is 402 g/mol. The maximum atomic E-state index is 12.7. The fourth-order valence-corrected chi connectivity index (χ4v) is 2.15. The zero-order valence-electron chi connectivity index (χ0n) is 13.3. The van der Waals surface area contributed by atoms with E-state index in [1.54, 1.807) is 0 Å². The molecule has 0 heterocycles. The van der Waals surface area contributed by atoms with Crippen molar-refractivity contribution in [1.29, 1.82) is 0 Å². The van der Waals surface area contributed by atoms with Gasteiger partial charge in [0.05, 0.1) is 5.56 Å². The van der Waals surface area contributed by atoms with Crippen molar-refractivity contribution in [1.82, 2.24) is 0 Å². The monoisotopic (exact) mass is 410 g/mol. The molecule has 150 valence electrons. The maximum Gasteiger partial charge on any atom is 0.573 e. The van der Waals surface area contributed by atoms with Gasteiger partial charge in [0.15, 0.2) is 0 Å². The molecule has 2 aromatic carbocycles. The molecule has 0 aliphatic heterocycles. The standard InChI is InChI=1S/C16H8F6O6/c17-15(18,19)27-12-5-8(14(24)25)1-3-10(12)11-4-2-9(26-7-23)6-13(11)28-16(20,21)22/h1-7H,(H,24,25). The Balaban J connectivity index is 2.67. The van der Waals surface area contributed by atoms with E-state index < -0.39 is 46.9 Å². The SMILES string of the molecule is O=COc1ccc(-c2ccc(C(=O)O)cc2OC(F)(F)F)c(OC(F)(F)F)c1. The Hall–Kier alpha value is -3.44. The van der Waals surface area contributed by atoms with E-state index in [0.29, 0.717) is 12.1 Å². The van der Waals surface area contributed by atoms with Crippen molar-refractivity contribution in [2.24, 2.45) is 0 Å². The van der Waals surface area contributed by atoms with Crippen molar-refractivity contribution in [2.75, 3.05) is 0 Å². The minimum Gasteiger partial charge on any atom is -0.478 e. The summed E-state index contributed by atoms with van der Waals surface area (Å²) in [5, 5.41) is 8.91. The van der Waals surface area contributed by atoms with Crippen molar-refractivity contribution in [3.05, 3.63) is 42.0 Å². The van der Waals surface area contributed by atoms with Crippen LogP contribution in [0.5, 0.6) is 17.2 Å². The Bertz CT molecular complexity index is 890. The largest absolute Gasteiger partial charge is 0.573 e. The van der Waals surface area contributed by atoms with Crippen molar-refractivity contribution >= 4 is 12.4 Å². The number of carbonyl (C=O) groups excluding carboxylic acids is 1. The van der Waals surface area contributed by atoms with Crippen molar-refractivity contribution in [3.8, 4) is 28.4 Å². The molecule has 12 heteroatoms. The van der Waals surface area contributed by atoms with E-state index in [1.165, 1.54) is 0 Å². The Morgan fingerprint density at radius 1 is 0.857 bits per heavy atom. The topological polar surface area (TPSA) is 82.1 Å². The summed E-state index contributed by atoms with van der Waals surface area (Å²) in [4.78, 5) is 21.3. The van der Waals surface area contributed by atoms with Gasteiger partial charge in [0.2, 0.25) is 0 Å². The number of carboxylic acids is 1. The van der Waals surface area contributed by atoms with E-state index in [9.17, 15) is 35.9 Å². The van der Waals surface area contributed by atoms with Gasteiger partial charge in [-0.1, -0.05) is 0 Å². The van der Waals surface area contributed by atoms with Crippen LogP contribution in [0.2, 0.25) is 0 Å². The average Bonchev–Trinajstić information content (AvgIpc) is 2.53. The second-order valence-electron chi connectivity index (χ2n) is 4.98. The van der Waals surface area contributed by atoms with Crippen LogP contribution in [0.4, 0.5) is 26.3 Å². The summed E-state index contributed by atoms with van der Waals surface area (Å²) >= 11 is 0. The third kappa shape index (κ3) is 5.53. The molecule has 2 aromatic rings. The molecule has 0 bridgehead atoms. The van der Waals surface area contributed by atoms with Crippen LogP contribution >= 0.6 is 0 Å². The van der Waals surface area contributed by atoms with Gasteiger partial charge in [-0.05, 0) is 30.3 Å². The van der Waals surface area contributed by atoms with E-state index >= 15 is 0 Å². The molecule has 0 saturated carbocycles. The number of ether oxygens (including phenoxy) is 3. The molecule has 0 atom stereocenters. The number of benzene rings is 2. The molecule has 1 N–H and O–H groups in total. The molecule has 28 heavy (non-hydrogen) atoms. The zero-order valence-corrected chi connectivity index (χ0v) is 13.3. The number of rotatable bonds is 6. The quantitative estimate of drug-likeness (QED) is 0.562. The number of aromatic carboxylic acids is 1. The number of alkyl halides is 6. The van der Waals surface area contributed by atoms with Crippen molar-refractivity contribution in [2.45, 2.75) is 12.7 Å². The van der Waals surface area contributed by atoms with E-state index in [1.807, 2.05) is 0 Å². The van der Waals surface area contributed by atoms with Crippen LogP contribution in [0.15, 0.2) is 36.4 Å². The van der Waals surface area contributed by atoms with Gasteiger partial charge in [-0.2, -0.15) is 0 Å². The maximum absolute atomic E-state index is 12.7. The van der Waals surface area contributed by atoms with Crippen LogP contribution in [0.1, 0.15) is 10.4 Å². The van der Waals surface area contributed by atoms with Gasteiger partial charge in [-0.25, -0.2) is 4.79 Å². The smallest absolute Gasteiger partial charge is 0.478 e. The van der Waals surface area contributed by atoms with Crippen molar-refractivity contribution in [3.63, 3.8) is 0 Å². The molecule has 0 unspecified atom stereocenters. The minimum absolute atomic E-state index is 0.0772. The molecule has 0 fully saturated rings.